The molecule has 1 atom stereocenters. The third kappa shape index (κ3) is 1.77. The number of hydrogen-bond acceptors (Lipinski definition) is 3. The number of carbonyl (C=O) groups excluding carboxylic acids is 1. The quantitative estimate of drug-likeness (QED) is 0.711. The van der Waals surface area contributed by atoms with Crippen molar-refractivity contribution in [2.75, 3.05) is 11.4 Å². The lowest BCUT2D eigenvalue weighted by Crippen LogP contribution is -2.25. The minimum atomic E-state index is 0.103. The Morgan fingerprint density at radius 2 is 2.36 bits per heavy atom. The number of aromatic nitrogens is 2. The molecule has 1 unspecified atom stereocenters. The van der Waals surface area contributed by atoms with Gasteiger partial charge in [-0.2, -0.15) is 0 Å². The molecule has 5 heteroatoms. The van der Waals surface area contributed by atoms with Crippen LogP contribution in [0.25, 0.3) is 0 Å². The van der Waals surface area contributed by atoms with Crippen LogP contribution in [0, 0.1) is 6.92 Å². The SMILES string of the molecule is Cc1cncc(N2CC(Br)CC2=O)n1. The van der Waals surface area contributed by atoms with E-state index >= 15 is 0 Å². The van der Waals surface area contributed by atoms with Crippen molar-refractivity contribution in [3.05, 3.63) is 18.1 Å². The highest BCUT2D eigenvalue weighted by Gasteiger charge is 2.29. The summed E-state index contributed by atoms with van der Waals surface area (Å²) in [6.07, 6.45) is 3.83. The first-order valence-electron chi connectivity index (χ1n) is 4.40. The van der Waals surface area contributed by atoms with E-state index in [1.54, 1.807) is 17.3 Å². The Kier molecular flexibility index (Phi) is 2.50. The predicted molar refractivity (Wildman–Crippen MR) is 56.5 cm³/mol. The van der Waals surface area contributed by atoms with E-state index in [1.807, 2.05) is 6.92 Å². The van der Waals surface area contributed by atoms with Crippen LogP contribution in [0.1, 0.15) is 12.1 Å². The van der Waals surface area contributed by atoms with Crippen molar-refractivity contribution < 1.29 is 4.79 Å². The van der Waals surface area contributed by atoms with Crippen molar-refractivity contribution in [3.63, 3.8) is 0 Å². The molecule has 1 aromatic heterocycles. The Labute approximate surface area is 90.5 Å². The molecular weight excluding hydrogens is 246 g/mol. The molecule has 74 valence electrons. The molecule has 1 amide bonds. The van der Waals surface area contributed by atoms with Crippen LogP contribution in [0.4, 0.5) is 5.82 Å². The molecule has 0 spiro atoms. The van der Waals surface area contributed by atoms with Crippen molar-refractivity contribution in [1.82, 2.24) is 9.97 Å². The van der Waals surface area contributed by atoms with Gasteiger partial charge in [-0.3, -0.25) is 14.7 Å². The van der Waals surface area contributed by atoms with Gasteiger partial charge in [0.15, 0.2) is 5.82 Å². The van der Waals surface area contributed by atoms with Gasteiger partial charge >= 0.3 is 0 Å². The largest absolute Gasteiger partial charge is 0.294 e. The molecule has 1 aromatic rings. The molecule has 2 heterocycles. The number of hydrogen-bond donors (Lipinski definition) is 0. The smallest absolute Gasteiger partial charge is 0.229 e. The number of alkyl halides is 1. The van der Waals surface area contributed by atoms with Gasteiger partial charge in [-0.15, -0.1) is 0 Å². The number of rotatable bonds is 1. The maximum absolute atomic E-state index is 11.5. The summed E-state index contributed by atoms with van der Waals surface area (Å²) in [4.78, 5) is 21.7. The number of nitrogens with zero attached hydrogens (tertiary/aromatic N) is 3. The van der Waals surface area contributed by atoms with E-state index in [9.17, 15) is 4.79 Å². The van der Waals surface area contributed by atoms with Gasteiger partial charge in [-0.05, 0) is 6.92 Å². The van der Waals surface area contributed by atoms with E-state index < -0.39 is 0 Å². The highest BCUT2D eigenvalue weighted by Crippen LogP contribution is 2.22. The third-order valence-electron chi connectivity index (χ3n) is 2.10. The van der Waals surface area contributed by atoms with Crippen molar-refractivity contribution >= 4 is 27.7 Å². The predicted octanol–water partition coefficient (Wildman–Crippen LogP) is 1.29. The lowest BCUT2D eigenvalue weighted by atomic mass is 10.4. The van der Waals surface area contributed by atoms with Gasteiger partial charge in [0.25, 0.3) is 0 Å². The minimum absolute atomic E-state index is 0.103. The fourth-order valence-electron chi connectivity index (χ4n) is 1.47. The first kappa shape index (κ1) is 9.58. The van der Waals surface area contributed by atoms with Gasteiger partial charge in [0, 0.05) is 24.0 Å². The molecule has 1 fully saturated rings. The number of amides is 1. The van der Waals surface area contributed by atoms with Gasteiger partial charge in [-0.1, -0.05) is 15.9 Å². The van der Waals surface area contributed by atoms with Crippen molar-refractivity contribution in [1.29, 1.82) is 0 Å². The zero-order valence-electron chi connectivity index (χ0n) is 7.77. The molecule has 1 aliphatic heterocycles. The second kappa shape index (κ2) is 3.65. The zero-order chi connectivity index (χ0) is 10.1. The van der Waals surface area contributed by atoms with Crippen LogP contribution in [-0.2, 0) is 4.79 Å². The van der Waals surface area contributed by atoms with Crippen LogP contribution in [0.3, 0.4) is 0 Å². The molecule has 0 aliphatic carbocycles. The first-order chi connectivity index (χ1) is 6.66. The van der Waals surface area contributed by atoms with Gasteiger partial charge in [0.1, 0.15) is 0 Å². The molecule has 0 saturated carbocycles. The highest BCUT2D eigenvalue weighted by atomic mass is 79.9. The van der Waals surface area contributed by atoms with E-state index in [0.717, 1.165) is 5.69 Å². The van der Waals surface area contributed by atoms with E-state index in [-0.39, 0.29) is 10.7 Å². The van der Waals surface area contributed by atoms with Crippen LogP contribution < -0.4 is 4.90 Å². The Morgan fingerprint density at radius 1 is 1.57 bits per heavy atom. The number of aryl methyl sites for hydroxylation is 1. The maximum atomic E-state index is 11.5. The molecule has 1 aliphatic rings. The van der Waals surface area contributed by atoms with E-state index in [0.29, 0.717) is 18.8 Å². The van der Waals surface area contributed by atoms with Crippen LogP contribution in [0.5, 0.6) is 0 Å². The van der Waals surface area contributed by atoms with Crippen LogP contribution >= 0.6 is 15.9 Å². The Balaban J connectivity index is 2.27. The number of carbonyl (C=O) groups is 1. The zero-order valence-corrected chi connectivity index (χ0v) is 9.36. The van der Waals surface area contributed by atoms with Gasteiger partial charge in [0.2, 0.25) is 5.91 Å². The second-order valence-electron chi connectivity index (χ2n) is 3.32. The van der Waals surface area contributed by atoms with Crippen molar-refractivity contribution in [2.24, 2.45) is 0 Å². The highest BCUT2D eigenvalue weighted by molar-refractivity contribution is 9.09. The summed E-state index contributed by atoms with van der Waals surface area (Å²) >= 11 is 3.42. The standard InChI is InChI=1S/C9H10BrN3O/c1-6-3-11-4-8(12-6)13-5-7(10)2-9(13)14/h3-4,7H,2,5H2,1H3. The van der Waals surface area contributed by atoms with Crippen LogP contribution in [0.15, 0.2) is 12.4 Å². The minimum Gasteiger partial charge on any atom is -0.294 e. The van der Waals surface area contributed by atoms with Gasteiger partial charge in [0.05, 0.1) is 11.9 Å². The number of halogens is 1. The summed E-state index contributed by atoms with van der Waals surface area (Å²) in [5, 5.41) is 0. The molecule has 0 aromatic carbocycles. The molecule has 2 rings (SSSR count). The molecule has 0 bridgehead atoms. The monoisotopic (exact) mass is 255 g/mol. The number of anilines is 1. The van der Waals surface area contributed by atoms with Crippen molar-refractivity contribution in [3.8, 4) is 0 Å². The third-order valence-corrected chi connectivity index (χ3v) is 2.71. The van der Waals surface area contributed by atoms with Crippen LogP contribution in [0.2, 0.25) is 0 Å². The maximum Gasteiger partial charge on any atom is 0.229 e. The summed E-state index contributed by atoms with van der Waals surface area (Å²) in [5.41, 5.74) is 0.827. The normalized spacial score (nSPS) is 21.7. The van der Waals surface area contributed by atoms with Crippen molar-refractivity contribution in [2.45, 2.75) is 18.2 Å². The Hall–Kier alpha value is -0.970. The molecule has 14 heavy (non-hydrogen) atoms. The van der Waals surface area contributed by atoms with Crippen LogP contribution in [-0.4, -0.2) is 27.2 Å². The summed E-state index contributed by atoms with van der Waals surface area (Å²) in [7, 11) is 0. The summed E-state index contributed by atoms with van der Waals surface area (Å²) in [5.74, 6) is 0.753. The molecule has 1 saturated heterocycles. The second-order valence-corrected chi connectivity index (χ2v) is 4.62. The van der Waals surface area contributed by atoms with Gasteiger partial charge in [-0.25, -0.2) is 4.98 Å². The average molecular weight is 256 g/mol. The summed E-state index contributed by atoms with van der Waals surface area (Å²) in [6, 6.07) is 0. The topological polar surface area (TPSA) is 46.1 Å². The molecule has 0 N–H and O–H groups in total. The Bertz CT molecular complexity index is 369. The lowest BCUT2D eigenvalue weighted by Gasteiger charge is -2.13. The van der Waals surface area contributed by atoms with E-state index in [2.05, 4.69) is 25.9 Å². The van der Waals surface area contributed by atoms with E-state index in [1.165, 1.54) is 0 Å². The Morgan fingerprint density at radius 3 is 2.93 bits per heavy atom. The fraction of sp³-hybridized carbons (Fsp3) is 0.444. The summed E-state index contributed by atoms with van der Waals surface area (Å²) in [6.45, 7) is 2.54. The van der Waals surface area contributed by atoms with E-state index in [4.69, 9.17) is 0 Å². The fourth-order valence-corrected chi connectivity index (χ4v) is 2.03. The first-order valence-corrected chi connectivity index (χ1v) is 5.31. The van der Waals surface area contributed by atoms with Gasteiger partial charge < -0.3 is 0 Å². The molecule has 4 nitrogen and oxygen atoms in total. The average Bonchev–Trinajstić information content (AvgIpc) is 2.45. The molecule has 0 radical (unpaired) electrons. The lowest BCUT2D eigenvalue weighted by molar-refractivity contribution is -0.117. The molecular formula is C9H10BrN3O. The summed E-state index contributed by atoms with van der Waals surface area (Å²) < 4.78 is 0.